The lowest BCUT2D eigenvalue weighted by Crippen LogP contribution is -1.88. The summed E-state index contributed by atoms with van der Waals surface area (Å²) >= 11 is 0. The molecule has 0 saturated heterocycles. The first-order valence-corrected chi connectivity index (χ1v) is 4.46. The van der Waals surface area contributed by atoms with Crippen molar-refractivity contribution in [3.05, 3.63) is 36.5 Å². The van der Waals surface area contributed by atoms with Crippen molar-refractivity contribution in [2.75, 3.05) is 14.2 Å². The molecule has 0 aliphatic carbocycles. The molecule has 0 amide bonds. The predicted octanol–water partition coefficient (Wildman–Crippen LogP) is 2.70. The van der Waals surface area contributed by atoms with Crippen LogP contribution in [-0.4, -0.2) is 19.2 Å². The molecular formula is C12H13NO2. The van der Waals surface area contributed by atoms with Crippen molar-refractivity contribution in [2.45, 2.75) is 0 Å². The van der Waals surface area contributed by atoms with Gasteiger partial charge >= 0.3 is 0 Å². The first-order chi connectivity index (χ1) is 8.56. The molecule has 1 aromatic carbocycles. The quantitative estimate of drug-likeness (QED) is 0.837. The van der Waals surface area contributed by atoms with Crippen LogP contribution >= 0.6 is 0 Å². The van der Waals surface area contributed by atoms with Gasteiger partial charge in [0.1, 0.15) is 11.5 Å². The van der Waals surface area contributed by atoms with Gasteiger partial charge < -0.3 is 14.5 Å². The fourth-order valence-electron chi connectivity index (χ4n) is 1.31. The molecule has 1 aromatic heterocycles. The van der Waals surface area contributed by atoms with Crippen LogP contribution in [0.1, 0.15) is 4.11 Å². The molecule has 1 N–H and O–H groups in total. The molecule has 0 bridgehead atoms. The van der Waals surface area contributed by atoms with Gasteiger partial charge in [-0.15, -0.1) is 0 Å². The number of methoxy groups -OCH3 is 2. The zero-order valence-electron chi connectivity index (χ0n) is 11.5. The minimum atomic E-state index is -0.119. The van der Waals surface area contributed by atoms with Gasteiger partial charge in [-0.05, 0) is 24.2 Å². The Hall–Kier alpha value is -1.90. The Balaban J connectivity index is 2.59. The van der Waals surface area contributed by atoms with Crippen molar-refractivity contribution in [3.63, 3.8) is 0 Å². The Bertz CT molecular complexity index is 559. The van der Waals surface area contributed by atoms with Gasteiger partial charge in [0.25, 0.3) is 0 Å². The lowest BCUT2D eigenvalue weighted by Gasteiger charge is -2.07. The lowest BCUT2D eigenvalue weighted by molar-refractivity contribution is 0.394. The van der Waals surface area contributed by atoms with Gasteiger partial charge in [-0.2, -0.15) is 0 Å². The van der Waals surface area contributed by atoms with Crippen molar-refractivity contribution < 1.29 is 13.6 Å². The molecule has 0 fully saturated rings. The summed E-state index contributed by atoms with van der Waals surface area (Å²) in [6.07, 6.45) is -0.0724. The first-order valence-electron chi connectivity index (χ1n) is 5.96. The van der Waals surface area contributed by atoms with Crippen molar-refractivity contribution in [2.24, 2.45) is 0 Å². The minimum absolute atomic E-state index is 0.00435. The number of hydrogen-bond donors (Lipinski definition) is 1. The summed E-state index contributed by atoms with van der Waals surface area (Å²) in [6, 6.07) is 5.05. The molecule has 2 aromatic rings. The third-order valence-corrected chi connectivity index (χ3v) is 2.08. The van der Waals surface area contributed by atoms with Gasteiger partial charge in [0.2, 0.25) is 0 Å². The lowest BCUT2D eigenvalue weighted by atomic mass is 10.1. The Morgan fingerprint density at radius 3 is 2.27 bits per heavy atom. The van der Waals surface area contributed by atoms with E-state index in [0.717, 1.165) is 0 Å². The highest BCUT2D eigenvalue weighted by Gasteiger charge is 2.03. The molecule has 0 atom stereocenters. The van der Waals surface area contributed by atoms with Crippen LogP contribution in [0.4, 0.5) is 0 Å². The predicted molar refractivity (Wildman–Crippen MR) is 59.3 cm³/mol. The highest BCUT2D eigenvalue weighted by Crippen LogP contribution is 2.28. The Morgan fingerprint density at radius 2 is 1.80 bits per heavy atom. The molecular weight excluding hydrogens is 190 g/mol. The van der Waals surface area contributed by atoms with E-state index in [4.69, 9.17) is 13.6 Å². The van der Waals surface area contributed by atoms with Crippen LogP contribution in [0.2, 0.25) is 0 Å². The molecule has 3 heteroatoms. The topological polar surface area (TPSA) is 34.2 Å². The molecule has 15 heavy (non-hydrogen) atoms. The van der Waals surface area contributed by atoms with E-state index in [9.17, 15) is 0 Å². The van der Waals surface area contributed by atoms with Crippen LogP contribution in [0.3, 0.4) is 0 Å². The van der Waals surface area contributed by atoms with E-state index < -0.39 is 0 Å². The van der Waals surface area contributed by atoms with Gasteiger partial charge in [-0.25, -0.2) is 0 Å². The summed E-state index contributed by atoms with van der Waals surface area (Å²) in [7, 11) is 3.08. The average Bonchev–Trinajstić information content (AvgIpc) is 2.65. The van der Waals surface area contributed by atoms with Crippen molar-refractivity contribution in [1.82, 2.24) is 4.98 Å². The van der Waals surface area contributed by atoms with E-state index in [-0.39, 0.29) is 18.3 Å². The molecule has 0 spiro atoms. The van der Waals surface area contributed by atoms with Crippen molar-refractivity contribution in [3.8, 4) is 22.8 Å². The van der Waals surface area contributed by atoms with Crippen LogP contribution in [0.5, 0.6) is 11.5 Å². The third-order valence-electron chi connectivity index (χ3n) is 2.08. The second kappa shape index (κ2) is 4.09. The van der Waals surface area contributed by atoms with Crippen LogP contribution in [0.15, 0.2) is 36.5 Å². The SMILES string of the molecule is [2H]c1[nH]c(-c2cc(OC)cc(OC)c2)c([2H])c1[2H]. The zero-order valence-corrected chi connectivity index (χ0v) is 8.55. The molecule has 2 rings (SSSR count). The summed E-state index contributed by atoms with van der Waals surface area (Å²) in [4.78, 5) is 2.71. The van der Waals surface area contributed by atoms with E-state index in [0.29, 0.717) is 22.8 Å². The first kappa shape index (κ1) is 6.56. The van der Waals surface area contributed by atoms with Crippen LogP contribution in [0, 0.1) is 0 Å². The van der Waals surface area contributed by atoms with Gasteiger partial charge in [0.15, 0.2) is 0 Å². The maximum Gasteiger partial charge on any atom is 0.123 e. The van der Waals surface area contributed by atoms with E-state index >= 15 is 0 Å². The van der Waals surface area contributed by atoms with Crippen LogP contribution in [-0.2, 0) is 0 Å². The average molecular weight is 206 g/mol. The highest BCUT2D eigenvalue weighted by atomic mass is 16.5. The van der Waals surface area contributed by atoms with Crippen LogP contribution < -0.4 is 9.47 Å². The highest BCUT2D eigenvalue weighted by molar-refractivity contribution is 5.64. The summed E-state index contributed by atoms with van der Waals surface area (Å²) < 4.78 is 33.1. The number of nitrogens with one attached hydrogen (secondary N) is 1. The number of hydrogen-bond acceptors (Lipinski definition) is 2. The normalized spacial score (nSPS) is 12.8. The van der Waals surface area contributed by atoms with Gasteiger partial charge in [0.05, 0.1) is 18.3 Å². The fraction of sp³-hybridized carbons (Fsp3) is 0.167. The Labute approximate surface area is 92.9 Å². The largest absolute Gasteiger partial charge is 0.497 e. The number of aromatic amines is 1. The van der Waals surface area contributed by atoms with E-state index in [1.807, 2.05) is 0 Å². The zero-order chi connectivity index (χ0) is 13.3. The number of benzene rings is 1. The summed E-state index contributed by atoms with van der Waals surface area (Å²) in [6.45, 7) is 0. The number of ether oxygens (including phenoxy) is 2. The van der Waals surface area contributed by atoms with Gasteiger partial charge in [0, 0.05) is 23.5 Å². The van der Waals surface area contributed by atoms with Crippen molar-refractivity contribution >= 4 is 0 Å². The number of rotatable bonds is 3. The molecule has 78 valence electrons. The maximum absolute atomic E-state index is 7.79. The standard InChI is InChI=1S/C12H13NO2/c1-14-10-6-9(7-11(8-10)15-2)12-4-3-5-13-12/h3-8,13H,1-2H3/i3D,4D,5D. The Kier molecular flexibility index (Phi) is 1.79. The van der Waals surface area contributed by atoms with Gasteiger partial charge in [-0.1, -0.05) is 0 Å². The molecule has 3 nitrogen and oxygen atoms in total. The van der Waals surface area contributed by atoms with E-state index in [1.165, 1.54) is 0 Å². The molecule has 0 aliphatic rings. The summed E-state index contributed by atoms with van der Waals surface area (Å²) in [5.41, 5.74) is 1.07. The molecule has 1 heterocycles. The summed E-state index contributed by atoms with van der Waals surface area (Å²) in [5, 5.41) is 0. The molecule has 0 saturated carbocycles. The molecule has 0 unspecified atom stereocenters. The smallest absolute Gasteiger partial charge is 0.123 e. The molecule has 0 radical (unpaired) electrons. The van der Waals surface area contributed by atoms with Crippen LogP contribution in [0.25, 0.3) is 11.3 Å². The number of H-pyrrole nitrogens is 1. The minimum Gasteiger partial charge on any atom is -0.497 e. The Morgan fingerprint density at radius 1 is 1.13 bits per heavy atom. The third kappa shape index (κ3) is 1.96. The van der Waals surface area contributed by atoms with Gasteiger partial charge in [-0.3, -0.25) is 0 Å². The molecule has 0 aliphatic heterocycles. The summed E-state index contributed by atoms with van der Waals surface area (Å²) in [5.74, 6) is 1.19. The van der Waals surface area contributed by atoms with Crippen molar-refractivity contribution in [1.29, 1.82) is 0 Å². The second-order valence-corrected chi connectivity index (χ2v) is 2.98. The maximum atomic E-state index is 7.79. The number of aromatic nitrogens is 1. The fourth-order valence-corrected chi connectivity index (χ4v) is 1.31. The van der Waals surface area contributed by atoms with E-state index in [2.05, 4.69) is 4.98 Å². The van der Waals surface area contributed by atoms with E-state index in [1.54, 1.807) is 32.4 Å². The monoisotopic (exact) mass is 206 g/mol. The second-order valence-electron chi connectivity index (χ2n) is 2.98.